The second kappa shape index (κ2) is 11.4. The number of anilines is 2. The molecule has 8 nitrogen and oxygen atoms in total. The lowest BCUT2D eigenvalue weighted by molar-refractivity contribution is 0.148. The van der Waals surface area contributed by atoms with Crippen molar-refractivity contribution in [2.75, 3.05) is 45.7 Å². The molecule has 0 aliphatic carbocycles. The Balaban J connectivity index is 1.14. The first-order chi connectivity index (χ1) is 19.1. The summed E-state index contributed by atoms with van der Waals surface area (Å²) in [5.74, 6) is 3.22. The normalized spacial score (nSPS) is 14.5. The molecule has 1 saturated heterocycles. The zero-order chi connectivity index (χ0) is 26.6. The third-order valence-corrected chi connectivity index (χ3v) is 8.02. The predicted molar refractivity (Wildman–Crippen MR) is 155 cm³/mol. The number of furan rings is 1. The SMILES string of the molecule is COc1ccc(COc2cccc(Nc3ncnc4cc(-c5cc(CN6CCN(C)CC6)co5)sc34)c2)cc1. The van der Waals surface area contributed by atoms with Gasteiger partial charge in [0.05, 0.1) is 28.5 Å². The van der Waals surface area contributed by atoms with Gasteiger partial charge >= 0.3 is 0 Å². The van der Waals surface area contributed by atoms with Crippen molar-refractivity contribution in [3.05, 3.63) is 84.4 Å². The van der Waals surface area contributed by atoms with Gasteiger partial charge in [-0.05, 0) is 49.0 Å². The number of thiophene rings is 1. The number of aromatic nitrogens is 2. The van der Waals surface area contributed by atoms with Gasteiger partial charge in [0.1, 0.15) is 30.2 Å². The Morgan fingerprint density at radius 1 is 0.949 bits per heavy atom. The van der Waals surface area contributed by atoms with Crippen molar-refractivity contribution in [3.8, 4) is 22.1 Å². The number of nitrogens with zero attached hydrogens (tertiary/aromatic N) is 4. The number of methoxy groups -OCH3 is 1. The topological polar surface area (TPSA) is 75.9 Å². The summed E-state index contributed by atoms with van der Waals surface area (Å²) < 4.78 is 18.2. The number of piperazine rings is 1. The van der Waals surface area contributed by atoms with Crippen molar-refractivity contribution in [1.29, 1.82) is 0 Å². The minimum atomic E-state index is 0.472. The third kappa shape index (κ3) is 6.06. The molecule has 5 aromatic rings. The van der Waals surface area contributed by atoms with E-state index in [2.05, 4.69) is 44.3 Å². The highest BCUT2D eigenvalue weighted by atomic mass is 32.1. The molecule has 2 aromatic carbocycles. The molecule has 9 heteroatoms. The lowest BCUT2D eigenvalue weighted by Gasteiger charge is -2.31. The Labute approximate surface area is 231 Å². The largest absolute Gasteiger partial charge is 0.497 e. The van der Waals surface area contributed by atoms with Gasteiger partial charge in [-0.1, -0.05) is 18.2 Å². The van der Waals surface area contributed by atoms with Crippen molar-refractivity contribution in [2.45, 2.75) is 13.2 Å². The molecule has 39 heavy (non-hydrogen) atoms. The van der Waals surface area contributed by atoms with E-state index < -0.39 is 0 Å². The number of rotatable bonds is 9. The van der Waals surface area contributed by atoms with E-state index in [0.717, 1.165) is 82.1 Å². The molecule has 1 N–H and O–H groups in total. The number of fused-ring (bicyclic) bond motifs is 1. The fourth-order valence-electron chi connectivity index (χ4n) is 4.61. The Kier molecular flexibility index (Phi) is 7.44. The Bertz CT molecular complexity index is 1540. The highest BCUT2D eigenvalue weighted by Crippen LogP contribution is 2.37. The van der Waals surface area contributed by atoms with Crippen LogP contribution in [0.5, 0.6) is 11.5 Å². The van der Waals surface area contributed by atoms with Crippen LogP contribution in [-0.4, -0.2) is 60.1 Å². The van der Waals surface area contributed by atoms with Crippen LogP contribution >= 0.6 is 11.3 Å². The van der Waals surface area contributed by atoms with E-state index in [4.69, 9.17) is 13.9 Å². The first kappa shape index (κ1) is 25.4. The molecule has 0 unspecified atom stereocenters. The maximum absolute atomic E-state index is 6.03. The molecule has 0 bridgehead atoms. The number of benzene rings is 2. The molecule has 1 aliphatic rings. The summed E-state index contributed by atoms with van der Waals surface area (Å²) in [6.45, 7) is 5.75. The van der Waals surface area contributed by atoms with Crippen LogP contribution in [0.25, 0.3) is 20.9 Å². The van der Waals surface area contributed by atoms with E-state index in [1.165, 1.54) is 5.56 Å². The van der Waals surface area contributed by atoms with Crippen molar-refractivity contribution in [3.63, 3.8) is 0 Å². The maximum Gasteiger partial charge on any atom is 0.151 e. The zero-order valence-electron chi connectivity index (χ0n) is 22.1. The fourth-order valence-corrected chi connectivity index (χ4v) is 5.62. The number of nitrogens with one attached hydrogen (secondary N) is 1. The van der Waals surface area contributed by atoms with Crippen LogP contribution in [0.4, 0.5) is 11.5 Å². The van der Waals surface area contributed by atoms with Gasteiger partial charge in [-0.3, -0.25) is 4.90 Å². The second-order valence-corrected chi connectivity index (χ2v) is 10.8. The van der Waals surface area contributed by atoms with E-state index in [1.54, 1.807) is 24.8 Å². The van der Waals surface area contributed by atoms with Gasteiger partial charge in [-0.2, -0.15) is 0 Å². The van der Waals surface area contributed by atoms with Crippen LogP contribution in [0.2, 0.25) is 0 Å². The molecule has 0 atom stereocenters. The summed E-state index contributed by atoms with van der Waals surface area (Å²) in [5.41, 5.74) is 4.05. The quantitative estimate of drug-likeness (QED) is 0.242. The van der Waals surface area contributed by atoms with Gasteiger partial charge in [0.25, 0.3) is 0 Å². The van der Waals surface area contributed by atoms with E-state index in [-0.39, 0.29) is 0 Å². The zero-order valence-corrected chi connectivity index (χ0v) is 22.9. The van der Waals surface area contributed by atoms with Crippen LogP contribution in [0.1, 0.15) is 11.1 Å². The van der Waals surface area contributed by atoms with Gasteiger partial charge in [-0.25, -0.2) is 9.97 Å². The van der Waals surface area contributed by atoms with Gasteiger partial charge in [0.2, 0.25) is 0 Å². The second-order valence-electron chi connectivity index (χ2n) is 9.74. The van der Waals surface area contributed by atoms with Gasteiger partial charge in [-0.15, -0.1) is 11.3 Å². The molecular formula is C30H31N5O3S. The van der Waals surface area contributed by atoms with E-state index in [0.29, 0.717) is 6.61 Å². The summed E-state index contributed by atoms with van der Waals surface area (Å²) in [7, 11) is 3.84. The standard InChI is InChI=1S/C30H31N5O3S/c1-34-10-12-35(13-11-34)17-22-14-27(38-19-22)28-16-26-29(39-28)30(32-20-31-26)33-23-4-3-5-25(15-23)37-18-21-6-8-24(36-2)9-7-21/h3-9,14-16,19-20H,10-13,17-18H2,1-2H3,(H,31,32,33). The molecule has 1 fully saturated rings. The summed E-state index contributed by atoms with van der Waals surface area (Å²) in [6.07, 6.45) is 3.46. The first-order valence-corrected chi connectivity index (χ1v) is 13.8. The first-order valence-electron chi connectivity index (χ1n) is 13.0. The molecule has 0 spiro atoms. The van der Waals surface area contributed by atoms with Crippen LogP contribution in [-0.2, 0) is 13.2 Å². The van der Waals surface area contributed by atoms with E-state index >= 15 is 0 Å². The lowest BCUT2D eigenvalue weighted by atomic mass is 10.2. The maximum atomic E-state index is 6.03. The average Bonchev–Trinajstić information content (AvgIpc) is 3.61. The third-order valence-electron chi connectivity index (χ3n) is 6.87. The lowest BCUT2D eigenvalue weighted by Crippen LogP contribution is -2.43. The summed E-state index contributed by atoms with van der Waals surface area (Å²) in [5, 5.41) is 3.45. The summed E-state index contributed by atoms with van der Waals surface area (Å²) >= 11 is 1.63. The summed E-state index contributed by atoms with van der Waals surface area (Å²) in [4.78, 5) is 14.9. The van der Waals surface area contributed by atoms with Gasteiger partial charge < -0.3 is 24.1 Å². The Morgan fingerprint density at radius 3 is 2.62 bits per heavy atom. The monoisotopic (exact) mass is 541 g/mol. The number of hydrogen-bond donors (Lipinski definition) is 1. The molecule has 200 valence electrons. The van der Waals surface area contributed by atoms with Crippen LogP contribution < -0.4 is 14.8 Å². The van der Waals surface area contributed by atoms with E-state index in [1.807, 2.05) is 54.8 Å². The molecular weight excluding hydrogens is 510 g/mol. The smallest absolute Gasteiger partial charge is 0.151 e. The minimum Gasteiger partial charge on any atom is -0.497 e. The number of ether oxygens (including phenoxy) is 2. The highest BCUT2D eigenvalue weighted by Gasteiger charge is 2.17. The van der Waals surface area contributed by atoms with Gasteiger partial charge in [0, 0.05) is 50.0 Å². The highest BCUT2D eigenvalue weighted by molar-refractivity contribution is 7.22. The molecule has 0 radical (unpaired) electrons. The van der Waals surface area contributed by atoms with Gasteiger partial charge in [0.15, 0.2) is 5.82 Å². The molecule has 6 rings (SSSR count). The molecule has 0 saturated carbocycles. The molecule has 1 aliphatic heterocycles. The van der Waals surface area contributed by atoms with Crippen LogP contribution in [0.3, 0.4) is 0 Å². The van der Waals surface area contributed by atoms with Crippen molar-refractivity contribution in [2.24, 2.45) is 0 Å². The Morgan fingerprint density at radius 2 is 1.79 bits per heavy atom. The van der Waals surface area contributed by atoms with E-state index in [9.17, 15) is 0 Å². The Hall–Kier alpha value is -3.92. The predicted octanol–water partition coefficient (Wildman–Crippen LogP) is 6.03. The average molecular weight is 542 g/mol. The number of likely N-dealkylation sites (N-methyl/N-ethyl adjacent to an activating group) is 1. The molecule has 3 aromatic heterocycles. The summed E-state index contributed by atoms with van der Waals surface area (Å²) in [6, 6.07) is 20.0. The molecule has 0 amide bonds. The van der Waals surface area contributed by atoms with Crippen LogP contribution in [0, 0.1) is 0 Å². The van der Waals surface area contributed by atoms with Crippen molar-refractivity contribution in [1.82, 2.24) is 19.8 Å². The number of hydrogen-bond acceptors (Lipinski definition) is 9. The fraction of sp³-hybridized carbons (Fsp3) is 0.267. The van der Waals surface area contributed by atoms with Crippen molar-refractivity contribution < 1.29 is 13.9 Å². The minimum absolute atomic E-state index is 0.472. The molecule has 4 heterocycles. The van der Waals surface area contributed by atoms with Crippen LogP contribution in [0.15, 0.2) is 77.7 Å². The van der Waals surface area contributed by atoms with Crippen molar-refractivity contribution >= 4 is 33.1 Å².